The molecule has 39 heavy (non-hydrogen) atoms. The van der Waals surface area contributed by atoms with Gasteiger partial charge in [-0.2, -0.15) is 0 Å². The summed E-state index contributed by atoms with van der Waals surface area (Å²) in [6.07, 6.45) is 1.27. The summed E-state index contributed by atoms with van der Waals surface area (Å²) in [4.78, 5) is 26.7. The van der Waals surface area contributed by atoms with Crippen molar-refractivity contribution in [3.05, 3.63) is 137 Å². The number of allylic oxidation sites excluding steroid dienone is 1. The first-order valence-corrected chi connectivity index (χ1v) is 13.0. The van der Waals surface area contributed by atoms with Gasteiger partial charge in [-0.25, -0.2) is 0 Å². The number of hydrogen-bond donors (Lipinski definition) is 0. The summed E-state index contributed by atoms with van der Waals surface area (Å²) in [5.41, 5.74) is 7.19. The molecule has 1 aliphatic rings. The van der Waals surface area contributed by atoms with Crippen LogP contribution in [-0.2, 0) is 37.5 Å². The van der Waals surface area contributed by atoms with Gasteiger partial charge in [-0.05, 0) is 46.4 Å². The van der Waals surface area contributed by atoms with Gasteiger partial charge in [0.15, 0.2) is 0 Å². The van der Waals surface area contributed by atoms with Gasteiger partial charge in [0.05, 0.1) is 5.56 Å². The Morgan fingerprint density at radius 3 is 1.95 bits per heavy atom. The lowest BCUT2D eigenvalue weighted by Gasteiger charge is -2.21. The van der Waals surface area contributed by atoms with Gasteiger partial charge in [-0.3, -0.25) is 4.79 Å². The van der Waals surface area contributed by atoms with Gasteiger partial charge in [-0.1, -0.05) is 85.4 Å². The minimum atomic E-state index is -0.122. The molecule has 0 bridgehead atoms. The first-order valence-electron chi connectivity index (χ1n) is 13.0. The maximum atomic E-state index is 13.9. The fraction of sp³-hybridized carbons (Fsp3) is 0.176. The molecule has 5 heteroatoms. The average Bonchev–Trinajstić information content (AvgIpc) is 3.39. The van der Waals surface area contributed by atoms with E-state index < -0.39 is 0 Å². The summed E-state index contributed by atoms with van der Waals surface area (Å²) in [5.74, 6) is 0.965. The Hall–Kier alpha value is -4.64. The van der Waals surface area contributed by atoms with Crippen molar-refractivity contribution in [2.75, 3.05) is 0 Å². The molecular weight excluding hydrogens is 486 g/mol. The number of aldehydes is 1. The SMILES string of the molecule is C=C(C)c1cc(C(=O)N2Cc3ccc(CC=O)cc3C2)c(OCc2ccccc2)cc1OCc1ccccc1. The Morgan fingerprint density at radius 2 is 1.36 bits per heavy atom. The molecule has 0 fully saturated rings. The summed E-state index contributed by atoms with van der Waals surface area (Å²) in [6, 6.07) is 29.4. The predicted octanol–water partition coefficient (Wildman–Crippen LogP) is 6.78. The third-order valence-electron chi connectivity index (χ3n) is 6.85. The largest absolute Gasteiger partial charge is 0.488 e. The normalized spacial score (nSPS) is 12.1. The van der Waals surface area contributed by atoms with E-state index in [1.165, 1.54) is 0 Å². The zero-order valence-electron chi connectivity index (χ0n) is 22.1. The van der Waals surface area contributed by atoms with Crippen LogP contribution in [0.3, 0.4) is 0 Å². The second-order valence-corrected chi connectivity index (χ2v) is 9.81. The Morgan fingerprint density at radius 1 is 0.769 bits per heavy atom. The fourth-order valence-corrected chi connectivity index (χ4v) is 4.76. The topological polar surface area (TPSA) is 55.8 Å². The molecular formula is C34H31NO4. The predicted molar refractivity (Wildman–Crippen MR) is 152 cm³/mol. The standard InChI is InChI=1S/C34H31NO4/c1-24(2)30-18-31(34(37)35-20-28-14-13-25(15-16-36)17-29(28)21-35)33(39-23-27-11-7-4-8-12-27)19-32(30)38-22-26-9-5-3-6-10-26/h3-14,16-19H,1,15,20-23H2,2H3. The lowest BCUT2D eigenvalue weighted by molar-refractivity contribution is -0.107. The molecule has 0 radical (unpaired) electrons. The van der Waals surface area contributed by atoms with Gasteiger partial charge in [0.1, 0.15) is 31.0 Å². The molecule has 0 N–H and O–H groups in total. The number of hydrogen-bond acceptors (Lipinski definition) is 4. The van der Waals surface area contributed by atoms with Crippen LogP contribution in [0.1, 0.15) is 50.7 Å². The second kappa shape index (κ2) is 11.8. The highest BCUT2D eigenvalue weighted by Crippen LogP contribution is 2.36. The van der Waals surface area contributed by atoms with E-state index in [4.69, 9.17) is 9.47 Å². The molecule has 0 saturated carbocycles. The molecule has 5 nitrogen and oxygen atoms in total. The van der Waals surface area contributed by atoms with Crippen molar-refractivity contribution in [3.8, 4) is 11.5 Å². The lowest BCUT2D eigenvalue weighted by atomic mass is 10.0. The van der Waals surface area contributed by atoms with Crippen molar-refractivity contribution in [3.63, 3.8) is 0 Å². The Kier molecular flexibility index (Phi) is 7.88. The third-order valence-corrected chi connectivity index (χ3v) is 6.85. The Bertz CT molecular complexity index is 1490. The highest BCUT2D eigenvalue weighted by Gasteiger charge is 2.28. The van der Waals surface area contributed by atoms with Gasteiger partial charge < -0.3 is 19.2 Å². The maximum absolute atomic E-state index is 13.9. The van der Waals surface area contributed by atoms with Crippen molar-refractivity contribution in [1.82, 2.24) is 4.90 Å². The van der Waals surface area contributed by atoms with Crippen molar-refractivity contribution < 1.29 is 19.1 Å². The van der Waals surface area contributed by atoms with Crippen molar-refractivity contribution in [2.45, 2.75) is 39.6 Å². The fourth-order valence-electron chi connectivity index (χ4n) is 4.76. The van der Waals surface area contributed by atoms with Crippen LogP contribution in [0.5, 0.6) is 11.5 Å². The molecule has 196 valence electrons. The van der Waals surface area contributed by atoms with E-state index in [0.29, 0.717) is 49.8 Å². The summed E-state index contributed by atoms with van der Waals surface area (Å²) >= 11 is 0. The van der Waals surface area contributed by atoms with E-state index in [1.807, 2.05) is 103 Å². The van der Waals surface area contributed by atoms with E-state index in [2.05, 4.69) is 6.58 Å². The summed E-state index contributed by atoms with van der Waals surface area (Å²) in [5, 5.41) is 0. The monoisotopic (exact) mass is 517 g/mol. The second-order valence-electron chi connectivity index (χ2n) is 9.81. The number of rotatable bonds is 10. The van der Waals surface area contributed by atoms with E-state index in [-0.39, 0.29) is 5.91 Å². The first kappa shape index (κ1) is 26.0. The molecule has 4 aromatic rings. The highest BCUT2D eigenvalue weighted by molar-refractivity contribution is 5.98. The van der Waals surface area contributed by atoms with Crippen LogP contribution in [0.4, 0.5) is 0 Å². The summed E-state index contributed by atoms with van der Waals surface area (Å²) < 4.78 is 12.5. The molecule has 0 saturated heterocycles. The van der Waals surface area contributed by atoms with Gasteiger partial charge in [0, 0.05) is 31.1 Å². The molecule has 0 unspecified atom stereocenters. The minimum Gasteiger partial charge on any atom is -0.488 e. The Labute approximate surface area is 229 Å². The van der Waals surface area contributed by atoms with Crippen LogP contribution in [0.15, 0.2) is 97.6 Å². The number of carbonyl (C=O) groups excluding carboxylic acids is 2. The van der Waals surface area contributed by atoms with Crippen LogP contribution in [0.25, 0.3) is 5.57 Å². The quantitative estimate of drug-likeness (QED) is 0.218. The number of fused-ring (bicyclic) bond motifs is 1. The number of ether oxygens (including phenoxy) is 2. The van der Waals surface area contributed by atoms with Crippen molar-refractivity contribution >= 4 is 17.8 Å². The van der Waals surface area contributed by atoms with Crippen molar-refractivity contribution in [2.24, 2.45) is 0 Å². The molecule has 0 aromatic heterocycles. The number of amides is 1. The van der Waals surface area contributed by atoms with Gasteiger partial charge in [0.2, 0.25) is 0 Å². The summed E-state index contributed by atoms with van der Waals surface area (Å²) in [7, 11) is 0. The highest BCUT2D eigenvalue weighted by atomic mass is 16.5. The van der Waals surface area contributed by atoms with Crippen LogP contribution in [0, 0.1) is 0 Å². The van der Waals surface area contributed by atoms with Gasteiger partial charge >= 0.3 is 0 Å². The smallest absolute Gasteiger partial charge is 0.258 e. The van der Waals surface area contributed by atoms with E-state index in [1.54, 1.807) is 0 Å². The maximum Gasteiger partial charge on any atom is 0.258 e. The van der Waals surface area contributed by atoms with Crippen LogP contribution in [0.2, 0.25) is 0 Å². The average molecular weight is 518 g/mol. The van der Waals surface area contributed by atoms with Gasteiger partial charge in [0.25, 0.3) is 5.91 Å². The molecule has 1 aliphatic heterocycles. The van der Waals surface area contributed by atoms with Crippen LogP contribution < -0.4 is 9.47 Å². The third kappa shape index (κ3) is 6.10. The minimum absolute atomic E-state index is 0.122. The molecule has 4 aromatic carbocycles. The molecule has 0 spiro atoms. The van der Waals surface area contributed by atoms with E-state index in [9.17, 15) is 9.59 Å². The van der Waals surface area contributed by atoms with Gasteiger partial charge in [-0.15, -0.1) is 0 Å². The molecule has 1 amide bonds. The molecule has 1 heterocycles. The van der Waals surface area contributed by atoms with Crippen LogP contribution >= 0.6 is 0 Å². The first-order chi connectivity index (χ1) is 19.0. The van der Waals surface area contributed by atoms with E-state index >= 15 is 0 Å². The number of benzene rings is 4. The Balaban J connectivity index is 1.46. The lowest BCUT2D eigenvalue weighted by Crippen LogP contribution is -2.26. The molecule has 0 atom stereocenters. The number of nitrogens with zero attached hydrogens (tertiary/aromatic N) is 1. The zero-order valence-corrected chi connectivity index (χ0v) is 22.1. The van der Waals surface area contributed by atoms with Crippen LogP contribution in [-0.4, -0.2) is 17.1 Å². The van der Waals surface area contributed by atoms with Crippen molar-refractivity contribution in [1.29, 1.82) is 0 Å². The number of carbonyl (C=O) groups is 2. The molecule has 5 rings (SSSR count). The zero-order chi connectivity index (χ0) is 27.2. The summed E-state index contributed by atoms with van der Waals surface area (Å²) in [6.45, 7) is 7.74. The molecule has 0 aliphatic carbocycles. The van der Waals surface area contributed by atoms with E-state index in [0.717, 1.165) is 45.2 Å².